The van der Waals surface area contributed by atoms with Crippen LogP contribution in [0.3, 0.4) is 0 Å². The molecule has 28 heavy (non-hydrogen) atoms. The van der Waals surface area contributed by atoms with Crippen LogP contribution in [0.25, 0.3) is 22.4 Å². The van der Waals surface area contributed by atoms with E-state index in [9.17, 15) is 9.59 Å². The molecule has 1 fully saturated rings. The number of amides is 1. The Kier molecular flexibility index (Phi) is 5.33. The van der Waals surface area contributed by atoms with Crippen LogP contribution in [-0.2, 0) is 0 Å². The molecule has 0 spiro atoms. The minimum absolute atomic E-state index is 0.182. The zero-order valence-electron chi connectivity index (χ0n) is 15.7. The number of nitrogens with zero attached hydrogens (tertiary/aromatic N) is 2. The first-order valence-corrected chi connectivity index (χ1v) is 9.78. The highest BCUT2D eigenvalue weighted by Gasteiger charge is 2.27. The molecule has 5 heteroatoms. The summed E-state index contributed by atoms with van der Waals surface area (Å²) in [6, 6.07) is 19.2. The molecule has 0 aliphatic carbocycles. The lowest BCUT2D eigenvalue weighted by atomic mass is 9.95. The van der Waals surface area contributed by atoms with Gasteiger partial charge >= 0.3 is 0 Å². The number of benzene rings is 2. The second-order valence-corrected chi connectivity index (χ2v) is 7.09. The monoisotopic (exact) mass is 373 g/mol. The maximum absolute atomic E-state index is 13.4. The lowest BCUT2D eigenvalue weighted by Crippen LogP contribution is -2.36. The average Bonchev–Trinajstić information content (AvgIpc) is 3.04. The third-order valence-electron chi connectivity index (χ3n) is 5.20. The zero-order chi connectivity index (χ0) is 19.3. The van der Waals surface area contributed by atoms with E-state index in [1.807, 2.05) is 65.6 Å². The summed E-state index contributed by atoms with van der Waals surface area (Å²) in [6.07, 6.45) is 4.19. The highest BCUT2D eigenvalue weighted by atomic mass is 16.2. The van der Waals surface area contributed by atoms with Gasteiger partial charge in [0.25, 0.3) is 11.5 Å². The number of carbonyl (C=O) groups excluding carboxylic acids is 1. The van der Waals surface area contributed by atoms with Crippen molar-refractivity contribution in [2.45, 2.75) is 25.7 Å². The Balaban J connectivity index is 1.92. The van der Waals surface area contributed by atoms with Crippen molar-refractivity contribution in [3.63, 3.8) is 0 Å². The van der Waals surface area contributed by atoms with Gasteiger partial charge in [-0.1, -0.05) is 73.5 Å². The van der Waals surface area contributed by atoms with Crippen LogP contribution in [0.5, 0.6) is 0 Å². The molecule has 0 saturated carbocycles. The molecular weight excluding hydrogens is 350 g/mol. The fourth-order valence-electron chi connectivity index (χ4n) is 3.78. The van der Waals surface area contributed by atoms with Crippen LogP contribution >= 0.6 is 0 Å². The molecule has 1 N–H and O–H groups in total. The van der Waals surface area contributed by atoms with Gasteiger partial charge in [0.15, 0.2) is 0 Å². The number of rotatable bonds is 3. The van der Waals surface area contributed by atoms with Crippen molar-refractivity contribution >= 4 is 5.91 Å². The summed E-state index contributed by atoms with van der Waals surface area (Å²) in [5.74, 6) is -0.207. The Bertz CT molecular complexity index is 1010. The van der Waals surface area contributed by atoms with Crippen LogP contribution in [0.2, 0.25) is 0 Å². The summed E-state index contributed by atoms with van der Waals surface area (Å²) in [5, 5.41) is 6.88. The third-order valence-corrected chi connectivity index (χ3v) is 5.20. The molecule has 5 nitrogen and oxygen atoms in total. The van der Waals surface area contributed by atoms with E-state index in [4.69, 9.17) is 0 Å². The fourth-order valence-corrected chi connectivity index (χ4v) is 3.78. The summed E-state index contributed by atoms with van der Waals surface area (Å²) >= 11 is 0. The smallest absolute Gasteiger partial charge is 0.277 e. The molecule has 4 rings (SSSR count). The van der Waals surface area contributed by atoms with E-state index in [0.717, 1.165) is 36.8 Å². The van der Waals surface area contributed by atoms with Crippen molar-refractivity contribution in [2.75, 3.05) is 13.1 Å². The third kappa shape index (κ3) is 3.60. The van der Waals surface area contributed by atoms with E-state index >= 15 is 0 Å². The largest absolute Gasteiger partial charge is 0.338 e. The molecule has 3 aromatic rings. The number of hydrogen-bond acceptors (Lipinski definition) is 3. The molecule has 1 amide bonds. The molecule has 0 radical (unpaired) electrons. The molecule has 1 saturated heterocycles. The summed E-state index contributed by atoms with van der Waals surface area (Å²) in [4.78, 5) is 28.0. The number of carbonyl (C=O) groups is 1. The van der Waals surface area contributed by atoms with Gasteiger partial charge < -0.3 is 4.90 Å². The Morgan fingerprint density at radius 1 is 0.821 bits per heavy atom. The Hall–Kier alpha value is -3.21. The Morgan fingerprint density at radius 3 is 2.00 bits per heavy atom. The van der Waals surface area contributed by atoms with Gasteiger partial charge in [0.2, 0.25) is 0 Å². The SMILES string of the molecule is O=C(c1c(-c2ccccc2)c(-c2ccccc2)n[nH]c1=O)N1CCCCCC1. The van der Waals surface area contributed by atoms with Crippen LogP contribution in [0.1, 0.15) is 36.0 Å². The molecule has 1 aromatic heterocycles. The van der Waals surface area contributed by atoms with E-state index in [0.29, 0.717) is 24.3 Å². The van der Waals surface area contributed by atoms with Gasteiger partial charge in [-0.15, -0.1) is 0 Å². The van der Waals surface area contributed by atoms with Crippen molar-refractivity contribution in [2.24, 2.45) is 0 Å². The quantitative estimate of drug-likeness (QED) is 0.751. The van der Waals surface area contributed by atoms with Crippen molar-refractivity contribution in [3.8, 4) is 22.4 Å². The first-order valence-electron chi connectivity index (χ1n) is 9.78. The Labute approximate surface area is 164 Å². The predicted octanol–water partition coefficient (Wildman–Crippen LogP) is 4.12. The lowest BCUT2D eigenvalue weighted by Gasteiger charge is -2.22. The van der Waals surface area contributed by atoms with Gasteiger partial charge in [-0.3, -0.25) is 9.59 Å². The molecular formula is C23H23N3O2. The molecule has 0 bridgehead atoms. The maximum atomic E-state index is 13.4. The number of aromatic nitrogens is 2. The minimum Gasteiger partial charge on any atom is -0.338 e. The predicted molar refractivity (Wildman–Crippen MR) is 110 cm³/mol. The first-order chi connectivity index (χ1) is 13.8. The number of likely N-dealkylation sites (tertiary alicyclic amines) is 1. The number of nitrogens with one attached hydrogen (secondary N) is 1. The van der Waals surface area contributed by atoms with Gasteiger partial charge in [-0.25, -0.2) is 5.10 Å². The van der Waals surface area contributed by atoms with E-state index in [2.05, 4.69) is 10.2 Å². The van der Waals surface area contributed by atoms with Gasteiger partial charge in [0.05, 0.1) is 5.69 Å². The van der Waals surface area contributed by atoms with E-state index < -0.39 is 5.56 Å². The van der Waals surface area contributed by atoms with Crippen molar-refractivity contribution in [3.05, 3.63) is 76.6 Å². The highest BCUT2D eigenvalue weighted by Crippen LogP contribution is 2.32. The molecule has 2 heterocycles. The number of aromatic amines is 1. The van der Waals surface area contributed by atoms with Gasteiger partial charge in [-0.2, -0.15) is 5.10 Å². The van der Waals surface area contributed by atoms with Crippen molar-refractivity contribution < 1.29 is 4.79 Å². The number of H-pyrrole nitrogens is 1. The van der Waals surface area contributed by atoms with Crippen LogP contribution in [0, 0.1) is 0 Å². The zero-order valence-corrected chi connectivity index (χ0v) is 15.7. The van der Waals surface area contributed by atoms with Crippen LogP contribution in [0.4, 0.5) is 0 Å². The number of hydrogen-bond donors (Lipinski definition) is 1. The van der Waals surface area contributed by atoms with Gasteiger partial charge in [-0.05, 0) is 18.4 Å². The standard InChI is InChI=1S/C23H23N3O2/c27-22-20(23(28)26-15-9-1-2-10-16-26)19(17-11-5-3-6-12-17)21(24-25-22)18-13-7-4-8-14-18/h3-8,11-14H,1-2,9-10,15-16H2,(H,25,27). The molecule has 0 atom stereocenters. The molecule has 1 aliphatic heterocycles. The van der Waals surface area contributed by atoms with E-state index in [1.54, 1.807) is 0 Å². The van der Waals surface area contributed by atoms with E-state index in [-0.39, 0.29) is 11.5 Å². The van der Waals surface area contributed by atoms with E-state index in [1.165, 1.54) is 0 Å². The topological polar surface area (TPSA) is 66.1 Å². The molecule has 0 unspecified atom stereocenters. The summed E-state index contributed by atoms with van der Waals surface area (Å²) in [5.41, 5.74) is 2.64. The van der Waals surface area contributed by atoms with Gasteiger partial charge in [0, 0.05) is 24.2 Å². The average molecular weight is 373 g/mol. The molecule has 142 valence electrons. The maximum Gasteiger partial charge on any atom is 0.277 e. The molecule has 2 aromatic carbocycles. The normalized spacial score (nSPS) is 14.5. The van der Waals surface area contributed by atoms with Crippen LogP contribution in [0.15, 0.2) is 65.5 Å². The van der Waals surface area contributed by atoms with Crippen molar-refractivity contribution in [1.82, 2.24) is 15.1 Å². The second kappa shape index (κ2) is 8.21. The van der Waals surface area contributed by atoms with Gasteiger partial charge in [0.1, 0.15) is 5.56 Å². The summed E-state index contributed by atoms with van der Waals surface area (Å²) in [6.45, 7) is 1.38. The second-order valence-electron chi connectivity index (χ2n) is 7.09. The Morgan fingerprint density at radius 2 is 1.39 bits per heavy atom. The summed E-state index contributed by atoms with van der Waals surface area (Å²) in [7, 11) is 0. The first kappa shape index (κ1) is 18.2. The fraction of sp³-hybridized carbons (Fsp3) is 0.261. The summed E-state index contributed by atoms with van der Waals surface area (Å²) < 4.78 is 0. The van der Waals surface area contributed by atoms with Crippen molar-refractivity contribution in [1.29, 1.82) is 0 Å². The highest BCUT2D eigenvalue weighted by molar-refractivity contribution is 6.03. The van der Waals surface area contributed by atoms with Crippen LogP contribution < -0.4 is 5.56 Å². The minimum atomic E-state index is -0.437. The lowest BCUT2D eigenvalue weighted by molar-refractivity contribution is 0.0760. The van der Waals surface area contributed by atoms with Crippen LogP contribution in [-0.4, -0.2) is 34.1 Å². The molecule has 1 aliphatic rings.